The lowest BCUT2D eigenvalue weighted by Crippen LogP contribution is -2.55. The van der Waals surface area contributed by atoms with Crippen LogP contribution in [0.5, 0.6) is 0 Å². The van der Waals surface area contributed by atoms with Gasteiger partial charge in [-0.05, 0) is 56.9 Å². The van der Waals surface area contributed by atoms with Crippen molar-refractivity contribution in [1.82, 2.24) is 19.4 Å². The molecule has 160 valence electrons. The van der Waals surface area contributed by atoms with Crippen LogP contribution >= 0.6 is 0 Å². The standard InChI is InChI=1S/C20H30N4O4S/c1-13-12-14(2)16(4)18(15(13)3)29(27,28)23-10-8-22(9-11-23)17(5)19(25)24-7-6-21-20(24)26/h12,17H,6-11H2,1-5H3,(H,21,26)/t17-/m0/s1. The van der Waals surface area contributed by atoms with E-state index < -0.39 is 16.1 Å². The average Bonchev–Trinajstić information content (AvgIpc) is 3.11. The number of hydrogen-bond donors (Lipinski definition) is 1. The van der Waals surface area contributed by atoms with E-state index in [1.54, 1.807) is 6.92 Å². The Morgan fingerprint density at radius 1 is 1.00 bits per heavy atom. The first-order valence-electron chi connectivity index (χ1n) is 9.96. The first kappa shape index (κ1) is 21.7. The lowest BCUT2D eigenvalue weighted by molar-refractivity contribution is -0.133. The molecule has 2 aliphatic heterocycles. The predicted molar refractivity (Wildman–Crippen MR) is 110 cm³/mol. The molecule has 2 heterocycles. The summed E-state index contributed by atoms with van der Waals surface area (Å²) in [5.74, 6) is -0.239. The molecule has 3 rings (SSSR count). The van der Waals surface area contributed by atoms with Gasteiger partial charge in [0, 0.05) is 39.3 Å². The van der Waals surface area contributed by atoms with E-state index in [2.05, 4.69) is 5.32 Å². The Hall–Kier alpha value is -1.97. The van der Waals surface area contributed by atoms with Crippen LogP contribution in [0.1, 0.15) is 29.2 Å². The molecule has 29 heavy (non-hydrogen) atoms. The molecule has 2 saturated heterocycles. The molecule has 9 heteroatoms. The van der Waals surface area contributed by atoms with Crippen LogP contribution < -0.4 is 5.32 Å². The molecule has 1 aromatic rings. The molecule has 0 radical (unpaired) electrons. The number of urea groups is 1. The number of nitrogens with zero attached hydrogens (tertiary/aromatic N) is 3. The molecular formula is C20H30N4O4S. The minimum Gasteiger partial charge on any atom is -0.336 e. The van der Waals surface area contributed by atoms with Crippen LogP contribution in [-0.4, -0.2) is 79.8 Å². The molecule has 0 unspecified atom stereocenters. The van der Waals surface area contributed by atoms with E-state index in [-0.39, 0.29) is 11.9 Å². The van der Waals surface area contributed by atoms with Crippen molar-refractivity contribution in [1.29, 1.82) is 0 Å². The first-order valence-corrected chi connectivity index (χ1v) is 11.4. The Labute approximate surface area is 172 Å². The van der Waals surface area contributed by atoms with Crippen molar-refractivity contribution < 1.29 is 18.0 Å². The van der Waals surface area contributed by atoms with Gasteiger partial charge in [0.2, 0.25) is 15.9 Å². The predicted octanol–water partition coefficient (Wildman–Crippen LogP) is 1.17. The Bertz CT molecular complexity index is 910. The van der Waals surface area contributed by atoms with Gasteiger partial charge < -0.3 is 5.32 Å². The van der Waals surface area contributed by atoms with E-state index in [1.807, 2.05) is 38.7 Å². The third-order valence-electron chi connectivity index (χ3n) is 6.20. The second-order valence-corrected chi connectivity index (χ2v) is 9.80. The Kier molecular flexibility index (Phi) is 6.03. The van der Waals surface area contributed by atoms with Crippen molar-refractivity contribution >= 4 is 22.0 Å². The number of aryl methyl sites for hydroxylation is 2. The van der Waals surface area contributed by atoms with Gasteiger partial charge >= 0.3 is 6.03 Å². The zero-order valence-corrected chi connectivity index (χ0v) is 18.6. The quantitative estimate of drug-likeness (QED) is 0.787. The summed E-state index contributed by atoms with van der Waals surface area (Å²) in [5.41, 5.74) is 3.51. The lowest BCUT2D eigenvalue weighted by atomic mass is 10.0. The van der Waals surface area contributed by atoms with Crippen LogP contribution in [0.15, 0.2) is 11.0 Å². The van der Waals surface area contributed by atoms with Crippen molar-refractivity contribution in [2.24, 2.45) is 0 Å². The molecule has 0 saturated carbocycles. The minimum absolute atomic E-state index is 0.239. The highest BCUT2D eigenvalue weighted by atomic mass is 32.2. The smallest absolute Gasteiger partial charge is 0.324 e. The summed E-state index contributed by atoms with van der Waals surface area (Å²) in [6.45, 7) is 11.7. The zero-order chi connectivity index (χ0) is 21.5. The fraction of sp³-hybridized carbons (Fsp3) is 0.600. The molecule has 2 fully saturated rings. The van der Waals surface area contributed by atoms with Gasteiger partial charge in [0.25, 0.3) is 0 Å². The van der Waals surface area contributed by atoms with Crippen LogP contribution in [0, 0.1) is 27.7 Å². The van der Waals surface area contributed by atoms with Crippen molar-refractivity contribution in [3.63, 3.8) is 0 Å². The summed E-state index contributed by atoms with van der Waals surface area (Å²) in [4.78, 5) is 27.9. The highest BCUT2D eigenvalue weighted by Crippen LogP contribution is 2.29. The van der Waals surface area contributed by atoms with E-state index in [0.717, 1.165) is 22.3 Å². The van der Waals surface area contributed by atoms with Gasteiger partial charge in [0.15, 0.2) is 0 Å². The number of amides is 3. The summed E-state index contributed by atoms with van der Waals surface area (Å²) in [7, 11) is -3.61. The number of piperazine rings is 1. The summed E-state index contributed by atoms with van der Waals surface area (Å²) in [6, 6.07) is 1.20. The monoisotopic (exact) mass is 422 g/mol. The molecule has 8 nitrogen and oxygen atoms in total. The van der Waals surface area contributed by atoms with Crippen LogP contribution in [0.4, 0.5) is 4.79 Å². The number of nitrogens with one attached hydrogen (secondary N) is 1. The van der Waals surface area contributed by atoms with Gasteiger partial charge in [0.05, 0.1) is 10.9 Å². The largest absolute Gasteiger partial charge is 0.336 e. The molecular weight excluding hydrogens is 392 g/mol. The molecule has 2 aliphatic rings. The van der Waals surface area contributed by atoms with Gasteiger partial charge in [-0.1, -0.05) is 6.07 Å². The third-order valence-corrected chi connectivity index (χ3v) is 8.37. The number of sulfonamides is 1. The summed E-state index contributed by atoms with van der Waals surface area (Å²) in [5, 5.41) is 2.63. The van der Waals surface area contributed by atoms with Gasteiger partial charge in [0.1, 0.15) is 0 Å². The maximum absolute atomic E-state index is 13.4. The van der Waals surface area contributed by atoms with Crippen molar-refractivity contribution in [3.8, 4) is 0 Å². The molecule has 3 amide bonds. The van der Waals surface area contributed by atoms with Gasteiger partial charge in [-0.25, -0.2) is 13.2 Å². The van der Waals surface area contributed by atoms with Crippen LogP contribution in [0.25, 0.3) is 0 Å². The van der Waals surface area contributed by atoms with Crippen molar-refractivity contribution in [2.45, 2.75) is 45.6 Å². The summed E-state index contributed by atoms with van der Waals surface area (Å²) in [6.07, 6.45) is 0. The van der Waals surface area contributed by atoms with E-state index in [1.165, 1.54) is 9.21 Å². The Morgan fingerprint density at radius 2 is 1.55 bits per heavy atom. The zero-order valence-electron chi connectivity index (χ0n) is 17.8. The van der Waals surface area contributed by atoms with Crippen LogP contribution in [0.3, 0.4) is 0 Å². The lowest BCUT2D eigenvalue weighted by Gasteiger charge is -2.37. The molecule has 1 aromatic carbocycles. The van der Waals surface area contributed by atoms with Crippen LogP contribution in [0.2, 0.25) is 0 Å². The number of benzene rings is 1. The number of imide groups is 1. The molecule has 0 bridgehead atoms. The van der Waals surface area contributed by atoms with Gasteiger partial charge in [-0.2, -0.15) is 4.31 Å². The van der Waals surface area contributed by atoms with E-state index in [0.29, 0.717) is 44.2 Å². The van der Waals surface area contributed by atoms with Gasteiger partial charge in [-0.3, -0.25) is 14.6 Å². The SMILES string of the molecule is Cc1cc(C)c(C)c(S(=O)(=O)N2CCN([C@@H](C)C(=O)N3CCNC3=O)CC2)c1C. The van der Waals surface area contributed by atoms with Crippen molar-refractivity contribution in [2.75, 3.05) is 39.3 Å². The number of carbonyl (C=O) groups is 2. The molecule has 0 spiro atoms. The summed E-state index contributed by atoms with van der Waals surface area (Å²) < 4.78 is 28.3. The normalized spacial score (nSPS) is 20.0. The van der Waals surface area contributed by atoms with Crippen molar-refractivity contribution in [3.05, 3.63) is 28.3 Å². The Balaban J connectivity index is 1.74. The number of hydrogen-bond acceptors (Lipinski definition) is 5. The fourth-order valence-corrected chi connectivity index (χ4v) is 6.09. The average molecular weight is 423 g/mol. The Morgan fingerprint density at radius 3 is 2.03 bits per heavy atom. The minimum atomic E-state index is -3.61. The second-order valence-electron chi connectivity index (χ2n) is 7.93. The maximum atomic E-state index is 13.4. The fourth-order valence-electron chi connectivity index (χ4n) is 4.09. The molecule has 1 atom stereocenters. The van der Waals surface area contributed by atoms with E-state index in [4.69, 9.17) is 0 Å². The first-order chi connectivity index (χ1) is 13.6. The highest BCUT2D eigenvalue weighted by molar-refractivity contribution is 7.89. The topological polar surface area (TPSA) is 90.0 Å². The molecule has 1 N–H and O–H groups in total. The second kappa shape index (κ2) is 8.04. The highest BCUT2D eigenvalue weighted by Gasteiger charge is 2.36. The van der Waals surface area contributed by atoms with Crippen LogP contribution in [-0.2, 0) is 14.8 Å². The van der Waals surface area contributed by atoms with E-state index >= 15 is 0 Å². The molecule has 0 aliphatic carbocycles. The number of rotatable bonds is 4. The molecule has 0 aromatic heterocycles. The summed E-state index contributed by atoms with van der Waals surface area (Å²) >= 11 is 0. The maximum Gasteiger partial charge on any atom is 0.324 e. The van der Waals surface area contributed by atoms with E-state index in [9.17, 15) is 18.0 Å². The third kappa shape index (κ3) is 3.91. The van der Waals surface area contributed by atoms with Gasteiger partial charge in [-0.15, -0.1) is 0 Å². The number of carbonyl (C=O) groups excluding carboxylic acids is 2.